The number of thioether (sulfide) groups is 2. The zero-order chi connectivity index (χ0) is 12.0. The van der Waals surface area contributed by atoms with Crippen LogP contribution in [-0.2, 0) is 4.79 Å². The Bertz CT molecular complexity index is 376. The van der Waals surface area contributed by atoms with Crippen LogP contribution in [0.25, 0.3) is 5.57 Å². The summed E-state index contributed by atoms with van der Waals surface area (Å²) in [6.07, 6.45) is 4.57. The van der Waals surface area contributed by atoms with Crippen LogP contribution >= 0.6 is 23.5 Å². The predicted molar refractivity (Wildman–Crippen MR) is 75.7 cm³/mol. The molecular formula is C13H16OS2. The van der Waals surface area contributed by atoms with Gasteiger partial charge in [-0.1, -0.05) is 37.3 Å². The lowest BCUT2D eigenvalue weighted by Gasteiger charge is -2.10. The second-order valence-electron chi connectivity index (χ2n) is 3.21. The van der Waals surface area contributed by atoms with Crippen LogP contribution in [-0.4, -0.2) is 18.3 Å². The summed E-state index contributed by atoms with van der Waals surface area (Å²) in [7, 11) is 0. The van der Waals surface area contributed by atoms with E-state index in [1.807, 2.05) is 49.8 Å². The van der Waals surface area contributed by atoms with Crippen molar-refractivity contribution in [3.05, 3.63) is 40.1 Å². The first-order chi connectivity index (χ1) is 7.74. The van der Waals surface area contributed by atoms with Gasteiger partial charge >= 0.3 is 0 Å². The van der Waals surface area contributed by atoms with Crippen molar-refractivity contribution in [3.63, 3.8) is 0 Å². The Kier molecular flexibility index (Phi) is 5.71. The van der Waals surface area contributed by atoms with Gasteiger partial charge < -0.3 is 0 Å². The van der Waals surface area contributed by atoms with Gasteiger partial charge in [-0.3, -0.25) is 4.79 Å². The van der Waals surface area contributed by atoms with Crippen molar-refractivity contribution in [2.24, 2.45) is 0 Å². The molecule has 0 bridgehead atoms. The quantitative estimate of drug-likeness (QED) is 0.736. The fourth-order valence-corrected chi connectivity index (χ4v) is 3.00. The van der Waals surface area contributed by atoms with E-state index in [0.29, 0.717) is 6.42 Å². The average Bonchev–Trinajstić information content (AvgIpc) is 2.36. The van der Waals surface area contributed by atoms with Crippen molar-refractivity contribution < 1.29 is 4.79 Å². The Hall–Kier alpha value is -0.670. The van der Waals surface area contributed by atoms with Gasteiger partial charge in [0.05, 0.1) is 4.24 Å². The van der Waals surface area contributed by atoms with Crippen LogP contribution < -0.4 is 0 Å². The third-order valence-electron chi connectivity index (χ3n) is 2.24. The van der Waals surface area contributed by atoms with Crippen LogP contribution in [0.2, 0.25) is 0 Å². The number of hydrogen-bond donors (Lipinski definition) is 0. The number of carbonyl (C=O) groups excluding carboxylic acids is 1. The van der Waals surface area contributed by atoms with Crippen LogP contribution in [0.3, 0.4) is 0 Å². The van der Waals surface area contributed by atoms with Crippen molar-refractivity contribution in [2.75, 3.05) is 12.5 Å². The lowest BCUT2D eigenvalue weighted by molar-refractivity contribution is -0.113. The summed E-state index contributed by atoms with van der Waals surface area (Å²) in [5.74, 6) is 0.213. The third-order valence-corrected chi connectivity index (χ3v) is 4.39. The summed E-state index contributed by atoms with van der Waals surface area (Å²) < 4.78 is 1.10. The van der Waals surface area contributed by atoms with Gasteiger partial charge in [-0.15, -0.1) is 23.5 Å². The van der Waals surface area contributed by atoms with Crippen molar-refractivity contribution in [1.29, 1.82) is 0 Å². The number of hydrogen-bond acceptors (Lipinski definition) is 3. The molecule has 0 N–H and O–H groups in total. The lowest BCUT2D eigenvalue weighted by atomic mass is 10.0. The summed E-state index contributed by atoms with van der Waals surface area (Å²) in [6, 6.07) is 9.90. The highest BCUT2D eigenvalue weighted by molar-refractivity contribution is 8.22. The Labute approximate surface area is 106 Å². The molecule has 0 amide bonds. The smallest absolute Gasteiger partial charge is 0.164 e. The maximum atomic E-state index is 12.0. The maximum absolute atomic E-state index is 12.0. The van der Waals surface area contributed by atoms with E-state index >= 15 is 0 Å². The Balaban J connectivity index is 3.26. The van der Waals surface area contributed by atoms with Crippen LogP contribution in [0.15, 0.2) is 34.6 Å². The molecule has 0 spiro atoms. The number of benzene rings is 1. The zero-order valence-electron chi connectivity index (χ0n) is 9.82. The van der Waals surface area contributed by atoms with Crippen molar-refractivity contribution in [1.82, 2.24) is 0 Å². The molecule has 86 valence electrons. The predicted octanol–water partition coefficient (Wildman–Crippen LogP) is 4.06. The molecule has 0 heterocycles. The Morgan fingerprint density at radius 3 is 2.12 bits per heavy atom. The van der Waals surface area contributed by atoms with E-state index < -0.39 is 0 Å². The lowest BCUT2D eigenvalue weighted by Crippen LogP contribution is -2.01. The number of ketones is 1. The topological polar surface area (TPSA) is 17.1 Å². The minimum atomic E-state index is 0.213. The summed E-state index contributed by atoms with van der Waals surface area (Å²) in [5.41, 5.74) is 1.89. The van der Waals surface area contributed by atoms with E-state index in [-0.39, 0.29) is 5.78 Å². The highest BCUT2D eigenvalue weighted by atomic mass is 32.2. The van der Waals surface area contributed by atoms with E-state index in [2.05, 4.69) is 0 Å². The van der Waals surface area contributed by atoms with Crippen molar-refractivity contribution >= 4 is 34.9 Å². The molecule has 1 aromatic carbocycles. The van der Waals surface area contributed by atoms with Gasteiger partial charge in [0.2, 0.25) is 0 Å². The SMILES string of the molecule is CCC(=O)C(=C(SC)SC)c1ccccc1. The summed E-state index contributed by atoms with van der Waals surface area (Å²) in [5, 5.41) is 0. The van der Waals surface area contributed by atoms with E-state index in [1.165, 1.54) is 0 Å². The molecule has 0 radical (unpaired) electrons. The summed E-state index contributed by atoms with van der Waals surface area (Å²) in [6.45, 7) is 1.91. The fraction of sp³-hybridized carbons (Fsp3) is 0.308. The zero-order valence-corrected chi connectivity index (χ0v) is 11.5. The minimum Gasteiger partial charge on any atom is -0.294 e. The molecule has 1 nitrogen and oxygen atoms in total. The molecule has 1 rings (SSSR count). The first-order valence-corrected chi connectivity index (χ1v) is 7.60. The van der Waals surface area contributed by atoms with Crippen LogP contribution in [0.4, 0.5) is 0 Å². The van der Waals surface area contributed by atoms with Crippen LogP contribution in [0.1, 0.15) is 18.9 Å². The molecule has 0 aliphatic heterocycles. The monoisotopic (exact) mass is 252 g/mol. The minimum absolute atomic E-state index is 0.213. The van der Waals surface area contributed by atoms with Crippen molar-refractivity contribution in [3.8, 4) is 0 Å². The van der Waals surface area contributed by atoms with Gasteiger partial charge in [0, 0.05) is 12.0 Å². The van der Waals surface area contributed by atoms with Gasteiger partial charge in [0.15, 0.2) is 5.78 Å². The molecule has 0 saturated heterocycles. The maximum Gasteiger partial charge on any atom is 0.164 e. The van der Waals surface area contributed by atoms with Crippen molar-refractivity contribution in [2.45, 2.75) is 13.3 Å². The van der Waals surface area contributed by atoms with E-state index in [1.54, 1.807) is 23.5 Å². The summed E-state index contributed by atoms with van der Waals surface area (Å²) >= 11 is 3.28. The van der Waals surface area contributed by atoms with Crippen LogP contribution in [0.5, 0.6) is 0 Å². The number of rotatable bonds is 5. The molecule has 16 heavy (non-hydrogen) atoms. The molecule has 3 heteroatoms. The summed E-state index contributed by atoms with van der Waals surface area (Å²) in [4.78, 5) is 12.0. The Morgan fingerprint density at radius 2 is 1.69 bits per heavy atom. The molecule has 0 unspecified atom stereocenters. The average molecular weight is 252 g/mol. The van der Waals surface area contributed by atoms with E-state index in [0.717, 1.165) is 15.4 Å². The van der Waals surface area contributed by atoms with Gasteiger partial charge in [0.25, 0.3) is 0 Å². The third kappa shape index (κ3) is 3.16. The molecule has 0 fully saturated rings. The fourth-order valence-electron chi connectivity index (χ4n) is 1.46. The highest BCUT2D eigenvalue weighted by Crippen LogP contribution is 2.33. The largest absolute Gasteiger partial charge is 0.294 e. The highest BCUT2D eigenvalue weighted by Gasteiger charge is 2.14. The number of Topliss-reactive ketones (excluding diaryl/α,β-unsaturated/α-hetero) is 1. The molecule has 0 aliphatic rings. The molecular weight excluding hydrogens is 236 g/mol. The number of allylic oxidation sites excluding steroid dienone is 1. The molecule has 1 aromatic rings. The van der Waals surface area contributed by atoms with E-state index in [4.69, 9.17) is 0 Å². The first-order valence-electron chi connectivity index (χ1n) is 5.15. The standard InChI is InChI=1S/C13H16OS2/c1-4-11(14)12(13(15-2)16-3)10-8-6-5-7-9-10/h5-9H,4H2,1-3H3. The second kappa shape index (κ2) is 6.81. The normalized spacial score (nSPS) is 9.94. The first kappa shape index (κ1) is 13.4. The Morgan fingerprint density at radius 1 is 1.12 bits per heavy atom. The molecule has 0 atom stereocenters. The molecule has 0 aromatic heterocycles. The van der Waals surface area contributed by atoms with E-state index in [9.17, 15) is 4.79 Å². The van der Waals surface area contributed by atoms with Crippen LogP contribution in [0, 0.1) is 0 Å². The molecule has 0 aliphatic carbocycles. The number of carbonyl (C=O) groups is 1. The van der Waals surface area contributed by atoms with Gasteiger partial charge in [-0.25, -0.2) is 0 Å². The molecule has 0 saturated carbocycles. The van der Waals surface area contributed by atoms with Gasteiger partial charge in [-0.05, 0) is 18.1 Å². The van der Waals surface area contributed by atoms with Gasteiger partial charge in [-0.2, -0.15) is 0 Å². The van der Waals surface area contributed by atoms with Gasteiger partial charge in [0.1, 0.15) is 0 Å². The second-order valence-corrected chi connectivity index (χ2v) is 5.10.